The molecule has 76 heavy (non-hydrogen) atoms. The maximum Gasteiger partial charge on any atom is 0.120 e. The molecule has 0 aliphatic rings. The molecule has 8 heteroatoms. The van der Waals surface area contributed by atoms with E-state index in [0.717, 1.165) is 78.2 Å². The van der Waals surface area contributed by atoms with Crippen molar-refractivity contribution in [2.45, 2.75) is 118 Å². The monoisotopic (exact) mass is 1210 g/mol. The van der Waals surface area contributed by atoms with Crippen LogP contribution in [0.3, 0.4) is 0 Å². The maximum atomic E-state index is 8.90. The third-order valence-electron chi connectivity index (χ3n) is 14.6. The van der Waals surface area contributed by atoms with Gasteiger partial charge in [-0.2, -0.15) is 0 Å². The summed E-state index contributed by atoms with van der Waals surface area (Å²) in [5, 5.41) is 5.09. The number of furan rings is 1. The predicted octanol–water partition coefficient (Wildman–Crippen LogP) is 18.1. The van der Waals surface area contributed by atoms with Crippen molar-refractivity contribution in [3.63, 3.8) is 0 Å². The third kappa shape index (κ3) is 10.2. The topological polar surface area (TPSA) is 48.8 Å². The minimum absolute atomic E-state index is 0. The van der Waals surface area contributed by atoms with Crippen LogP contribution < -0.4 is 10.4 Å². The summed E-state index contributed by atoms with van der Waals surface area (Å²) < 4.78 is 29.1. The molecule has 0 saturated carbocycles. The van der Waals surface area contributed by atoms with E-state index in [2.05, 4.69) is 210 Å². The van der Waals surface area contributed by atoms with Crippen molar-refractivity contribution in [2.75, 3.05) is 0 Å². The first-order chi connectivity index (χ1) is 36.4. The van der Waals surface area contributed by atoms with Gasteiger partial charge in [-0.3, -0.25) is 9.97 Å². The average molecular weight is 1210 g/mol. The minimum atomic E-state index is -1.72. The molecule has 1 radical (unpaired) electrons. The van der Waals surface area contributed by atoms with E-state index in [0.29, 0.717) is 11.8 Å². The standard InChI is InChI=1S/C40H39N2OSi.C28H33N2Si.Ir/c1-25(2)31-23-28(27-15-9-8-10-16-27)24-32(26(3)4)38(31)42-34-19-13-12-18-33(34)41-40(42)30-21-22-36(44(5,6)7)37-29-17-11-14-20-35(29)43-39(30)37;1-19(2)23-11-10-12-24(20(3)4)27(23)30-26-14-9-8-13-25(26)29-28(30)21-15-17-22(18-16-21)31(5,6)7;/h8-20,22-26H,1-7H3;8-15,17-20H,1-7H3;/q2*-1;/i;19D,20D;. The van der Waals surface area contributed by atoms with Gasteiger partial charge in [-0.15, -0.1) is 52.3 Å². The second-order valence-electron chi connectivity index (χ2n) is 23.3. The molecule has 8 aromatic carbocycles. The van der Waals surface area contributed by atoms with Crippen LogP contribution in [0, 0.1) is 12.1 Å². The van der Waals surface area contributed by atoms with E-state index in [1.807, 2.05) is 64.1 Å². The molecule has 0 fully saturated rings. The van der Waals surface area contributed by atoms with Crippen LogP contribution in [-0.2, 0) is 20.1 Å². The number of nitrogens with zero attached hydrogens (tertiary/aromatic N) is 4. The SMILES string of the molecule is CC(C)c1cc(-c2ccccc2)cc(C(C)C)c1-n1c(-c2[c-]cc([Si](C)(C)C)c3c2oc2ccccc23)nc2ccccc21.[2H]C(C)(C)c1cccc(C([2H])(C)C)c1-n1c(-c2[c-]cc([Si](C)(C)C)cc2)nc2ccccc21.[Ir]. The second kappa shape index (κ2) is 21.5. The molecule has 0 atom stereocenters. The third-order valence-corrected chi connectivity index (χ3v) is 18.7. The van der Waals surface area contributed by atoms with Gasteiger partial charge in [-0.1, -0.05) is 197 Å². The first-order valence-corrected chi connectivity index (χ1v) is 33.6. The van der Waals surface area contributed by atoms with Crippen molar-refractivity contribution < 1.29 is 27.3 Å². The smallest absolute Gasteiger partial charge is 0.120 e. The van der Waals surface area contributed by atoms with Crippen LogP contribution in [0.25, 0.3) is 89.3 Å². The van der Waals surface area contributed by atoms with Gasteiger partial charge in [0.05, 0.1) is 39.3 Å². The fraction of sp³-hybridized carbons (Fsp3) is 0.265. The quantitative estimate of drug-likeness (QED) is 0.0958. The summed E-state index contributed by atoms with van der Waals surface area (Å²) in [5.74, 6) is 0.568. The van der Waals surface area contributed by atoms with Gasteiger partial charge in [-0.25, -0.2) is 0 Å². The summed E-state index contributed by atoms with van der Waals surface area (Å²) in [5.41, 5.74) is 16.5. The second-order valence-corrected chi connectivity index (χ2v) is 33.4. The van der Waals surface area contributed by atoms with E-state index in [9.17, 15) is 0 Å². The zero-order valence-electron chi connectivity index (χ0n) is 48.7. The Morgan fingerprint density at radius 1 is 0.513 bits per heavy atom. The van der Waals surface area contributed by atoms with E-state index < -0.39 is 27.9 Å². The number of fused-ring (bicyclic) bond motifs is 5. The Labute approximate surface area is 469 Å². The Morgan fingerprint density at radius 3 is 1.58 bits per heavy atom. The molecule has 11 aromatic rings. The molecule has 5 nitrogen and oxygen atoms in total. The van der Waals surface area contributed by atoms with E-state index in [1.165, 1.54) is 43.7 Å². The molecular formula is C68H72IrN4OSi2-2. The molecule has 0 amide bonds. The van der Waals surface area contributed by atoms with Gasteiger partial charge in [0.25, 0.3) is 0 Å². The number of para-hydroxylation sites is 6. The Kier molecular flexibility index (Phi) is 14.6. The Balaban J connectivity index is 0.000000195. The van der Waals surface area contributed by atoms with Crippen LogP contribution in [0.1, 0.15) is 104 Å². The first-order valence-electron chi connectivity index (χ1n) is 27.6. The number of rotatable bonds is 11. The van der Waals surface area contributed by atoms with Crippen LogP contribution in [0.5, 0.6) is 0 Å². The predicted molar refractivity (Wildman–Crippen MR) is 326 cm³/mol. The van der Waals surface area contributed by atoms with Crippen LogP contribution in [0.2, 0.25) is 39.3 Å². The molecular weight excluding hydrogens is 1140 g/mol. The molecule has 3 aromatic heterocycles. The molecule has 0 bridgehead atoms. The van der Waals surface area contributed by atoms with E-state index in [4.69, 9.17) is 17.1 Å². The minimum Gasteiger partial charge on any atom is -0.501 e. The Hall–Kier alpha value is -6.42. The van der Waals surface area contributed by atoms with Crippen LogP contribution >= 0.6 is 0 Å². The van der Waals surface area contributed by atoms with Crippen molar-refractivity contribution in [3.8, 4) is 45.3 Å². The van der Waals surface area contributed by atoms with Crippen LogP contribution in [0.15, 0.2) is 162 Å². The normalized spacial score (nSPS) is 12.8. The molecule has 0 unspecified atom stereocenters. The summed E-state index contributed by atoms with van der Waals surface area (Å²) in [6.45, 7) is 31.0. The zero-order valence-corrected chi connectivity index (χ0v) is 51.1. The van der Waals surface area contributed by atoms with Gasteiger partial charge in [0.15, 0.2) is 0 Å². The van der Waals surface area contributed by atoms with Crippen molar-refractivity contribution in [2.24, 2.45) is 0 Å². The van der Waals surface area contributed by atoms with Gasteiger partial charge in [0, 0.05) is 55.8 Å². The summed E-state index contributed by atoms with van der Waals surface area (Å²) in [6, 6.07) is 62.4. The number of aromatic nitrogens is 4. The molecule has 0 aliphatic carbocycles. The average Bonchev–Trinajstić information content (AvgIpc) is 4.29. The molecule has 0 saturated heterocycles. The van der Waals surface area contributed by atoms with E-state index >= 15 is 0 Å². The first kappa shape index (κ1) is 51.7. The summed E-state index contributed by atoms with van der Waals surface area (Å²) in [6.07, 6.45) is 0. The number of hydrogen-bond acceptors (Lipinski definition) is 3. The molecule has 0 spiro atoms. The van der Waals surface area contributed by atoms with Crippen LogP contribution in [0.4, 0.5) is 0 Å². The van der Waals surface area contributed by atoms with Crippen molar-refractivity contribution in [1.82, 2.24) is 19.1 Å². The fourth-order valence-corrected chi connectivity index (χ4v) is 13.2. The summed E-state index contributed by atoms with van der Waals surface area (Å²) in [7, 11) is -3.16. The largest absolute Gasteiger partial charge is 0.501 e. The van der Waals surface area contributed by atoms with Crippen molar-refractivity contribution in [3.05, 3.63) is 192 Å². The van der Waals surface area contributed by atoms with Gasteiger partial charge in [-0.05, 0) is 99.5 Å². The Bertz CT molecular complexity index is 3910. The molecule has 11 rings (SSSR count). The van der Waals surface area contributed by atoms with Gasteiger partial charge in [0.1, 0.15) is 5.58 Å². The zero-order chi connectivity index (χ0) is 54.9. The number of hydrogen-bond donors (Lipinski definition) is 0. The number of imidazole rings is 2. The fourth-order valence-electron chi connectivity index (χ4n) is 10.6. The molecule has 0 aliphatic heterocycles. The summed E-state index contributed by atoms with van der Waals surface area (Å²) >= 11 is 0. The molecule has 3 heterocycles. The Morgan fingerprint density at radius 2 is 1.04 bits per heavy atom. The van der Waals surface area contributed by atoms with Crippen molar-refractivity contribution in [1.29, 1.82) is 0 Å². The number of benzene rings is 8. The van der Waals surface area contributed by atoms with Crippen molar-refractivity contribution >= 4 is 70.5 Å². The van der Waals surface area contributed by atoms with E-state index in [1.54, 1.807) is 0 Å². The molecule has 0 N–H and O–H groups in total. The van der Waals surface area contributed by atoms with Gasteiger partial charge in [0.2, 0.25) is 0 Å². The summed E-state index contributed by atoms with van der Waals surface area (Å²) in [4.78, 5) is 10.4. The van der Waals surface area contributed by atoms with E-state index in [-0.39, 0.29) is 20.1 Å². The van der Waals surface area contributed by atoms with Crippen LogP contribution in [-0.4, -0.2) is 35.2 Å². The van der Waals surface area contributed by atoms with Gasteiger partial charge >= 0.3 is 0 Å². The van der Waals surface area contributed by atoms with Gasteiger partial charge < -0.3 is 13.6 Å². The molecule has 389 valence electrons. The maximum absolute atomic E-state index is 8.90.